The van der Waals surface area contributed by atoms with Gasteiger partial charge < -0.3 is 19.9 Å². The van der Waals surface area contributed by atoms with Crippen molar-refractivity contribution in [1.29, 1.82) is 0 Å². The van der Waals surface area contributed by atoms with Crippen molar-refractivity contribution in [3.63, 3.8) is 0 Å². The van der Waals surface area contributed by atoms with Gasteiger partial charge in [0.15, 0.2) is 5.96 Å². The molecular weight excluding hydrogens is 439 g/mol. The minimum absolute atomic E-state index is 0. The highest BCUT2D eigenvalue weighted by Crippen LogP contribution is 2.19. The first kappa shape index (κ1) is 23.0. The number of halogens is 1. The number of aliphatic imine (C=N–C) groups is 1. The first-order chi connectivity index (χ1) is 12.0. The number of nitrogens with zero attached hydrogens (tertiary/aromatic N) is 3. The largest absolute Gasteiger partial charge is 0.496 e. The molecule has 1 N–H and O–H groups in total. The molecule has 0 aliphatic carbocycles. The van der Waals surface area contributed by atoms with Gasteiger partial charge in [-0.3, -0.25) is 4.99 Å². The first-order valence-electron chi connectivity index (χ1n) is 9.32. The standard InChI is InChI=1S/C20H34N4O.HI/c1-16(2)24-12-8-9-17(14-24)13-22-20(21-3)23(4)15-18-10-6-7-11-19(18)25-5;/h6-7,10-11,16-17H,8-9,12-15H2,1-5H3,(H,21,22);1H. The molecule has 0 aromatic heterocycles. The molecule has 0 amide bonds. The third kappa shape index (κ3) is 6.61. The van der Waals surface area contributed by atoms with Crippen LogP contribution in [0.3, 0.4) is 0 Å². The molecule has 1 atom stereocenters. The number of methoxy groups -OCH3 is 1. The Kier molecular flexibility index (Phi) is 10.3. The average Bonchev–Trinajstić information content (AvgIpc) is 2.63. The van der Waals surface area contributed by atoms with Crippen LogP contribution in [0.25, 0.3) is 0 Å². The van der Waals surface area contributed by atoms with Gasteiger partial charge in [0.1, 0.15) is 5.75 Å². The van der Waals surface area contributed by atoms with Gasteiger partial charge in [-0.05, 0) is 45.2 Å². The van der Waals surface area contributed by atoms with Crippen molar-refractivity contribution in [3.8, 4) is 5.75 Å². The molecule has 1 aromatic rings. The van der Waals surface area contributed by atoms with Crippen LogP contribution in [0.1, 0.15) is 32.3 Å². The molecule has 1 saturated heterocycles. The Hall–Kier alpha value is -1.02. The molecule has 1 aliphatic rings. The summed E-state index contributed by atoms with van der Waals surface area (Å²) in [6.07, 6.45) is 2.59. The third-order valence-electron chi connectivity index (χ3n) is 5.00. The highest BCUT2D eigenvalue weighted by Gasteiger charge is 2.22. The number of para-hydroxylation sites is 1. The van der Waals surface area contributed by atoms with Gasteiger partial charge in [-0.15, -0.1) is 24.0 Å². The molecule has 0 saturated carbocycles. The van der Waals surface area contributed by atoms with Crippen LogP contribution in [0.4, 0.5) is 0 Å². The van der Waals surface area contributed by atoms with Gasteiger partial charge in [0.25, 0.3) is 0 Å². The molecule has 1 aliphatic heterocycles. The van der Waals surface area contributed by atoms with Crippen LogP contribution < -0.4 is 10.1 Å². The zero-order valence-corrected chi connectivity index (χ0v) is 19.2. The lowest BCUT2D eigenvalue weighted by molar-refractivity contribution is 0.140. The maximum atomic E-state index is 5.46. The maximum Gasteiger partial charge on any atom is 0.193 e. The van der Waals surface area contributed by atoms with Crippen molar-refractivity contribution in [2.24, 2.45) is 10.9 Å². The van der Waals surface area contributed by atoms with Crippen LogP contribution >= 0.6 is 24.0 Å². The summed E-state index contributed by atoms with van der Waals surface area (Å²) in [6, 6.07) is 8.78. The molecular formula is C20H35IN4O. The summed E-state index contributed by atoms with van der Waals surface area (Å²) in [7, 11) is 5.64. The fourth-order valence-corrected chi connectivity index (χ4v) is 3.52. The number of guanidine groups is 1. The number of hydrogen-bond acceptors (Lipinski definition) is 3. The number of ether oxygens (including phenoxy) is 1. The Morgan fingerprint density at radius 1 is 1.38 bits per heavy atom. The van der Waals surface area contributed by atoms with E-state index in [1.54, 1.807) is 7.11 Å². The van der Waals surface area contributed by atoms with E-state index in [1.807, 2.05) is 25.2 Å². The van der Waals surface area contributed by atoms with Gasteiger partial charge in [-0.25, -0.2) is 0 Å². The maximum absolute atomic E-state index is 5.46. The summed E-state index contributed by atoms with van der Waals surface area (Å²) in [6.45, 7) is 8.73. The molecule has 2 rings (SSSR count). The summed E-state index contributed by atoms with van der Waals surface area (Å²) < 4.78 is 5.46. The van der Waals surface area contributed by atoms with Gasteiger partial charge in [0, 0.05) is 45.3 Å². The monoisotopic (exact) mass is 474 g/mol. The Morgan fingerprint density at radius 2 is 2.12 bits per heavy atom. The molecule has 0 radical (unpaired) electrons. The van der Waals surface area contributed by atoms with Crippen LogP contribution in [0.2, 0.25) is 0 Å². The summed E-state index contributed by atoms with van der Waals surface area (Å²) in [5.41, 5.74) is 1.17. The molecule has 1 unspecified atom stereocenters. The van der Waals surface area contributed by atoms with Gasteiger partial charge in [0.05, 0.1) is 7.11 Å². The summed E-state index contributed by atoms with van der Waals surface area (Å²) in [4.78, 5) is 9.19. The van der Waals surface area contributed by atoms with Crippen LogP contribution in [0, 0.1) is 5.92 Å². The molecule has 26 heavy (non-hydrogen) atoms. The van der Waals surface area contributed by atoms with E-state index in [1.165, 1.54) is 31.5 Å². The van der Waals surface area contributed by atoms with Crippen LogP contribution in [-0.4, -0.2) is 62.6 Å². The molecule has 1 fully saturated rings. The number of likely N-dealkylation sites (tertiary alicyclic amines) is 1. The predicted octanol–water partition coefficient (Wildman–Crippen LogP) is 3.44. The quantitative estimate of drug-likeness (QED) is 0.390. The normalized spacial score (nSPS) is 18.4. The number of rotatable bonds is 6. The van der Waals surface area contributed by atoms with E-state index in [-0.39, 0.29) is 24.0 Å². The summed E-state index contributed by atoms with van der Waals surface area (Å²) in [5, 5.41) is 3.56. The minimum Gasteiger partial charge on any atom is -0.496 e. The van der Waals surface area contributed by atoms with E-state index < -0.39 is 0 Å². The first-order valence-corrected chi connectivity index (χ1v) is 9.32. The molecule has 148 valence electrons. The zero-order chi connectivity index (χ0) is 18.2. The summed E-state index contributed by atoms with van der Waals surface area (Å²) >= 11 is 0. The fraction of sp³-hybridized carbons (Fsp3) is 0.650. The highest BCUT2D eigenvalue weighted by molar-refractivity contribution is 14.0. The molecule has 5 nitrogen and oxygen atoms in total. The molecule has 6 heteroatoms. The van der Waals surface area contributed by atoms with Crippen molar-refractivity contribution in [1.82, 2.24) is 15.1 Å². The average molecular weight is 474 g/mol. The Bertz CT molecular complexity index is 564. The van der Waals surface area contributed by atoms with E-state index in [0.717, 1.165) is 24.8 Å². The Morgan fingerprint density at radius 3 is 2.77 bits per heavy atom. The van der Waals surface area contributed by atoms with Crippen molar-refractivity contribution in [2.75, 3.05) is 40.8 Å². The van der Waals surface area contributed by atoms with Crippen LogP contribution in [0.5, 0.6) is 5.75 Å². The third-order valence-corrected chi connectivity index (χ3v) is 5.00. The SMILES string of the molecule is CN=C(NCC1CCCN(C(C)C)C1)N(C)Cc1ccccc1OC.I. The number of nitrogens with one attached hydrogen (secondary N) is 1. The van der Waals surface area contributed by atoms with Crippen molar-refractivity contribution < 1.29 is 4.74 Å². The van der Waals surface area contributed by atoms with E-state index in [4.69, 9.17) is 4.74 Å². The number of hydrogen-bond donors (Lipinski definition) is 1. The summed E-state index contributed by atoms with van der Waals surface area (Å²) in [5.74, 6) is 2.55. The van der Waals surface area contributed by atoms with Crippen molar-refractivity contribution >= 4 is 29.9 Å². The van der Waals surface area contributed by atoms with Gasteiger partial charge >= 0.3 is 0 Å². The van der Waals surface area contributed by atoms with Gasteiger partial charge in [0.2, 0.25) is 0 Å². The smallest absolute Gasteiger partial charge is 0.193 e. The highest BCUT2D eigenvalue weighted by atomic mass is 127. The molecule has 0 bridgehead atoms. The second-order valence-electron chi connectivity index (χ2n) is 7.19. The van der Waals surface area contributed by atoms with E-state index in [0.29, 0.717) is 12.0 Å². The molecule has 1 aromatic carbocycles. The Labute approximate surface area is 176 Å². The Balaban J connectivity index is 0.00000338. The second kappa shape index (κ2) is 11.6. The van der Waals surface area contributed by atoms with Crippen LogP contribution in [0.15, 0.2) is 29.3 Å². The second-order valence-corrected chi connectivity index (χ2v) is 7.19. The van der Waals surface area contributed by atoms with E-state index >= 15 is 0 Å². The predicted molar refractivity (Wildman–Crippen MR) is 121 cm³/mol. The topological polar surface area (TPSA) is 40.1 Å². The van der Waals surface area contributed by atoms with Gasteiger partial charge in [-0.2, -0.15) is 0 Å². The number of benzene rings is 1. The zero-order valence-electron chi connectivity index (χ0n) is 16.9. The fourth-order valence-electron chi connectivity index (χ4n) is 3.52. The lowest BCUT2D eigenvalue weighted by Crippen LogP contribution is -2.46. The molecule has 1 heterocycles. The van der Waals surface area contributed by atoms with E-state index in [2.05, 4.69) is 47.1 Å². The molecule has 0 spiro atoms. The lowest BCUT2D eigenvalue weighted by atomic mass is 9.97. The lowest BCUT2D eigenvalue weighted by Gasteiger charge is -2.36. The van der Waals surface area contributed by atoms with Gasteiger partial charge in [-0.1, -0.05) is 18.2 Å². The van der Waals surface area contributed by atoms with E-state index in [9.17, 15) is 0 Å². The number of piperidine rings is 1. The minimum atomic E-state index is 0. The van der Waals surface area contributed by atoms with Crippen molar-refractivity contribution in [3.05, 3.63) is 29.8 Å². The van der Waals surface area contributed by atoms with Crippen LogP contribution in [-0.2, 0) is 6.54 Å². The van der Waals surface area contributed by atoms with Crippen molar-refractivity contribution in [2.45, 2.75) is 39.3 Å².